The van der Waals surface area contributed by atoms with E-state index in [1.807, 2.05) is 0 Å². The molecule has 22 heteroatoms. The Hall–Kier alpha value is -7.00. The average Bonchev–Trinajstić information content (AvgIpc) is 3.13. The van der Waals surface area contributed by atoms with Gasteiger partial charge in [0.1, 0.15) is 23.0 Å². The summed E-state index contributed by atoms with van der Waals surface area (Å²) < 4.78 is 187. The molecule has 0 spiro atoms. The van der Waals surface area contributed by atoms with Crippen molar-refractivity contribution in [1.82, 2.24) is 19.9 Å². The minimum Gasteiger partial charge on any atom is -0.457 e. The van der Waals surface area contributed by atoms with E-state index in [1.165, 1.54) is 50.2 Å². The van der Waals surface area contributed by atoms with Crippen molar-refractivity contribution in [1.29, 1.82) is 0 Å². The maximum atomic E-state index is 13.6. The van der Waals surface area contributed by atoms with Gasteiger partial charge in [0.25, 0.3) is 0 Å². The Kier molecular flexibility index (Phi) is 11.8. The molecular weight excluding hydrogens is 848 g/mol. The third-order valence-electron chi connectivity index (χ3n) is 7.92. The summed E-state index contributed by atoms with van der Waals surface area (Å²) >= 11 is 0. The van der Waals surface area contributed by atoms with E-state index in [0.717, 1.165) is 24.3 Å². The SMILES string of the molecule is CC(C)(c1cc(Oc2ccccc2)cc(-c2ccc(OC(F)(F)F)nc2OC(F)(F)F)n1)c1cc(Oc2ccccc2)cc(-c2ccc(OC(F)(F)F)nc2OC(F)(F)F)n1. The van der Waals surface area contributed by atoms with Crippen LogP contribution in [0.4, 0.5) is 52.7 Å². The van der Waals surface area contributed by atoms with E-state index in [-0.39, 0.29) is 34.4 Å². The molecule has 0 radical (unpaired) electrons. The molecule has 2 aromatic carbocycles. The third kappa shape index (κ3) is 12.0. The first kappa shape index (κ1) is 43.6. The fourth-order valence-corrected chi connectivity index (χ4v) is 5.39. The summed E-state index contributed by atoms with van der Waals surface area (Å²) in [6.07, 6.45) is -21.6. The molecule has 0 N–H and O–H groups in total. The number of pyridine rings is 4. The molecule has 0 aliphatic rings. The van der Waals surface area contributed by atoms with Gasteiger partial charge in [0.05, 0.1) is 33.9 Å². The number of nitrogens with zero attached hydrogens (tertiary/aromatic N) is 4. The smallest absolute Gasteiger partial charge is 0.457 e. The second-order valence-electron chi connectivity index (χ2n) is 12.8. The van der Waals surface area contributed by atoms with Crippen LogP contribution >= 0.6 is 0 Å². The molecule has 320 valence electrons. The Morgan fingerprint density at radius 1 is 0.377 bits per heavy atom. The zero-order chi connectivity index (χ0) is 44.4. The summed E-state index contributed by atoms with van der Waals surface area (Å²) in [5.74, 6) is -5.19. The fourth-order valence-electron chi connectivity index (χ4n) is 5.39. The van der Waals surface area contributed by atoms with Crippen LogP contribution in [0.3, 0.4) is 0 Å². The van der Waals surface area contributed by atoms with Crippen LogP contribution in [0.1, 0.15) is 25.2 Å². The molecule has 0 atom stereocenters. The summed E-state index contributed by atoms with van der Waals surface area (Å²) in [5.41, 5.74) is -3.74. The number of rotatable bonds is 12. The monoisotopic (exact) mass is 872 g/mol. The summed E-state index contributed by atoms with van der Waals surface area (Å²) in [5, 5.41) is 0. The molecule has 0 saturated carbocycles. The van der Waals surface area contributed by atoms with Gasteiger partial charge in [-0.1, -0.05) is 36.4 Å². The minimum atomic E-state index is -5.47. The predicted octanol–water partition coefficient (Wildman–Crippen LogP) is 12.1. The Bertz CT molecular complexity index is 2310. The van der Waals surface area contributed by atoms with Crippen LogP contribution in [0.2, 0.25) is 0 Å². The van der Waals surface area contributed by atoms with Crippen LogP contribution in [0, 0.1) is 0 Å². The van der Waals surface area contributed by atoms with Gasteiger partial charge in [-0.3, -0.25) is 9.97 Å². The fraction of sp³-hybridized carbons (Fsp3) is 0.179. The average molecular weight is 873 g/mol. The van der Waals surface area contributed by atoms with Gasteiger partial charge in [-0.05, 0) is 50.2 Å². The molecule has 0 unspecified atom stereocenters. The van der Waals surface area contributed by atoms with Crippen LogP contribution in [0.5, 0.6) is 46.5 Å². The molecule has 0 saturated heterocycles. The Labute approximate surface area is 335 Å². The van der Waals surface area contributed by atoms with Gasteiger partial charge in [-0.15, -0.1) is 52.7 Å². The van der Waals surface area contributed by atoms with E-state index in [4.69, 9.17) is 9.47 Å². The molecule has 0 aliphatic carbocycles. The van der Waals surface area contributed by atoms with E-state index < -0.39 is 76.9 Å². The number of para-hydroxylation sites is 2. The topological polar surface area (TPSA) is 107 Å². The van der Waals surface area contributed by atoms with E-state index in [0.29, 0.717) is 12.1 Å². The number of halogens is 12. The Morgan fingerprint density at radius 3 is 1.05 bits per heavy atom. The van der Waals surface area contributed by atoms with Crippen molar-refractivity contribution in [3.63, 3.8) is 0 Å². The molecule has 10 nitrogen and oxygen atoms in total. The Balaban J connectivity index is 1.56. The standard InChI is InChI=1S/C39H24F12N4O6/c1-35(2,29-19-23(56-21-9-5-3-6-10-21)17-27(52-29)25-13-15-31(58-36(40,41)42)54-33(25)60-38(46,47)48)30-20-24(57-22-11-7-4-8-12-22)18-28(53-30)26-14-16-32(59-37(43,44)45)55-34(26)61-39(49,50)51/h3-20H,1-2H3. The molecule has 4 aromatic heterocycles. The van der Waals surface area contributed by atoms with Crippen molar-refractivity contribution >= 4 is 0 Å². The van der Waals surface area contributed by atoms with Crippen LogP contribution < -0.4 is 28.4 Å². The van der Waals surface area contributed by atoms with E-state index in [2.05, 4.69) is 38.9 Å². The van der Waals surface area contributed by atoms with Gasteiger partial charge < -0.3 is 28.4 Å². The largest absolute Gasteiger partial charge is 0.574 e. The van der Waals surface area contributed by atoms with Crippen molar-refractivity contribution in [2.45, 2.75) is 44.7 Å². The first-order chi connectivity index (χ1) is 28.4. The molecule has 0 amide bonds. The lowest BCUT2D eigenvalue weighted by Crippen LogP contribution is -2.23. The van der Waals surface area contributed by atoms with Crippen LogP contribution in [-0.2, 0) is 5.41 Å². The molecule has 4 heterocycles. The zero-order valence-corrected chi connectivity index (χ0v) is 30.7. The second kappa shape index (κ2) is 16.6. The van der Waals surface area contributed by atoms with Crippen LogP contribution in [0.25, 0.3) is 22.5 Å². The molecule has 0 aliphatic heterocycles. The maximum absolute atomic E-state index is 13.6. The molecule has 0 bridgehead atoms. The van der Waals surface area contributed by atoms with Crippen molar-refractivity contribution < 1.29 is 81.1 Å². The molecule has 0 fully saturated rings. The molecule has 61 heavy (non-hydrogen) atoms. The predicted molar refractivity (Wildman–Crippen MR) is 187 cm³/mol. The highest BCUT2D eigenvalue weighted by molar-refractivity contribution is 5.69. The van der Waals surface area contributed by atoms with Crippen molar-refractivity contribution in [2.75, 3.05) is 0 Å². The number of hydrogen-bond acceptors (Lipinski definition) is 10. The lowest BCUT2D eigenvalue weighted by atomic mass is 9.84. The van der Waals surface area contributed by atoms with E-state index in [1.54, 1.807) is 36.4 Å². The molecule has 6 aromatic rings. The number of ether oxygens (including phenoxy) is 6. The van der Waals surface area contributed by atoms with Crippen LogP contribution in [0.15, 0.2) is 109 Å². The zero-order valence-electron chi connectivity index (χ0n) is 30.7. The van der Waals surface area contributed by atoms with E-state index in [9.17, 15) is 52.7 Å². The normalized spacial score (nSPS) is 12.4. The first-order valence-electron chi connectivity index (χ1n) is 17.0. The number of hydrogen-bond donors (Lipinski definition) is 0. The highest BCUT2D eigenvalue weighted by Crippen LogP contribution is 2.42. The second-order valence-corrected chi connectivity index (χ2v) is 12.8. The molecule has 6 rings (SSSR count). The van der Waals surface area contributed by atoms with Gasteiger partial charge in [0, 0.05) is 41.8 Å². The summed E-state index contributed by atoms with van der Waals surface area (Å²) in [4.78, 5) is 15.5. The van der Waals surface area contributed by atoms with Crippen molar-refractivity contribution in [3.05, 3.63) is 121 Å². The lowest BCUT2D eigenvalue weighted by Gasteiger charge is -2.26. The van der Waals surface area contributed by atoms with Crippen molar-refractivity contribution in [2.24, 2.45) is 0 Å². The maximum Gasteiger partial charge on any atom is 0.574 e. The number of benzene rings is 2. The lowest BCUT2D eigenvalue weighted by molar-refractivity contribution is -0.281. The molecular formula is C39H24F12N4O6. The van der Waals surface area contributed by atoms with Gasteiger partial charge in [-0.2, -0.15) is 9.97 Å². The van der Waals surface area contributed by atoms with E-state index >= 15 is 0 Å². The van der Waals surface area contributed by atoms with Gasteiger partial charge in [0.15, 0.2) is 0 Å². The third-order valence-corrected chi connectivity index (χ3v) is 7.92. The summed E-state index contributed by atoms with van der Waals surface area (Å²) in [6, 6.07) is 23.4. The first-order valence-corrected chi connectivity index (χ1v) is 17.0. The number of alkyl halides is 12. The highest BCUT2D eigenvalue weighted by atomic mass is 19.4. The highest BCUT2D eigenvalue weighted by Gasteiger charge is 2.38. The minimum absolute atomic E-state index is 0.0846. The summed E-state index contributed by atoms with van der Waals surface area (Å²) in [6.45, 7) is 2.95. The van der Waals surface area contributed by atoms with Gasteiger partial charge in [-0.25, -0.2) is 0 Å². The van der Waals surface area contributed by atoms with Gasteiger partial charge in [0.2, 0.25) is 23.5 Å². The Morgan fingerprint density at radius 2 is 0.721 bits per heavy atom. The van der Waals surface area contributed by atoms with Crippen molar-refractivity contribution in [3.8, 4) is 69.0 Å². The van der Waals surface area contributed by atoms with Gasteiger partial charge >= 0.3 is 25.4 Å². The summed E-state index contributed by atoms with van der Waals surface area (Å²) in [7, 11) is 0. The quantitative estimate of drug-likeness (QED) is 0.110. The van der Waals surface area contributed by atoms with Crippen LogP contribution in [-0.4, -0.2) is 45.4 Å². The number of aromatic nitrogens is 4.